The third-order valence-electron chi connectivity index (χ3n) is 5.49. The minimum Gasteiger partial charge on any atom is -0.361 e. The van der Waals surface area contributed by atoms with Crippen LogP contribution >= 0.6 is 0 Å². The zero-order valence-electron chi connectivity index (χ0n) is 16.2. The number of rotatable bonds is 5. The fourth-order valence-electron chi connectivity index (χ4n) is 4.10. The zero-order chi connectivity index (χ0) is 19.7. The van der Waals surface area contributed by atoms with E-state index in [1.54, 1.807) is 0 Å². The standard InChI is InChI=1S/C21H25N5O2/c1-13(27)24-19(10-14-11-22-17-7-4-3-6-15(14)17)21(28)25-18-8-5-9-20-16(18)12-23-26(20)2/h3-4,6-7,11-12,18-19,22H,5,8-10H2,1-2H3,(H,24,27)(H,25,28)/t18-,19+/m1/s1. The number of aryl methyl sites for hydroxylation is 1. The lowest BCUT2D eigenvalue weighted by atomic mass is 9.92. The highest BCUT2D eigenvalue weighted by Gasteiger charge is 2.28. The SMILES string of the molecule is CC(=O)N[C@@H](Cc1c[nH]c2ccccc12)C(=O)N[C@@H]1CCCc2c1cnn2C. The van der Waals surface area contributed by atoms with Gasteiger partial charge in [-0.15, -0.1) is 0 Å². The number of hydrogen-bond donors (Lipinski definition) is 3. The minimum atomic E-state index is -0.626. The molecule has 0 spiro atoms. The van der Waals surface area contributed by atoms with E-state index in [4.69, 9.17) is 0 Å². The Bertz CT molecular complexity index is 1020. The molecule has 2 heterocycles. The first-order valence-electron chi connectivity index (χ1n) is 9.66. The third-order valence-corrected chi connectivity index (χ3v) is 5.49. The second-order valence-corrected chi connectivity index (χ2v) is 7.44. The predicted molar refractivity (Wildman–Crippen MR) is 107 cm³/mol. The molecular weight excluding hydrogens is 354 g/mol. The quantitative estimate of drug-likeness (QED) is 0.634. The summed E-state index contributed by atoms with van der Waals surface area (Å²) in [4.78, 5) is 28.0. The average molecular weight is 379 g/mol. The first kappa shape index (κ1) is 18.3. The van der Waals surface area contributed by atoms with Gasteiger partial charge in [0.15, 0.2) is 0 Å². The Hall–Kier alpha value is -3.09. The van der Waals surface area contributed by atoms with E-state index >= 15 is 0 Å². The molecule has 2 aromatic heterocycles. The molecule has 146 valence electrons. The van der Waals surface area contributed by atoms with Crippen LogP contribution in [0.25, 0.3) is 10.9 Å². The summed E-state index contributed by atoms with van der Waals surface area (Å²) >= 11 is 0. The number of fused-ring (bicyclic) bond motifs is 2. The van der Waals surface area contributed by atoms with E-state index in [9.17, 15) is 9.59 Å². The van der Waals surface area contributed by atoms with Gasteiger partial charge < -0.3 is 15.6 Å². The summed E-state index contributed by atoms with van der Waals surface area (Å²) in [6, 6.07) is 7.27. The summed E-state index contributed by atoms with van der Waals surface area (Å²) in [5, 5.41) is 11.4. The fraction of sp³-hybridized carbons (Fsp3) is 0.381. The van der Waals surface area contributed by atoms with E-state index in [1.165, 1.54) is 12.6 Å². The number of para-hydroxylation sites is 1. The smallest absolute Gasteiger partial charge is 0.243 e. The molecule has 0 unspecified atom stereocenters. The second-order valence-electron chi connectivity index (χ2n) is 7.44. The van der Waals surface area contributed by atoms with Crippen molar-refractivity contribution < 1.29 is 9.59 Å². The van der Waals surface area contributed by atoms with Gasteiger partial charge in [0.1, 0.15) is 6.04 Å². The molecule has 0 saturated carbocycles. The molecule has 2 atom stereocenters. The molecular formula is C21H25N5O2. The minimum absolute atomic E-state index is 0.0656. The molecule has 28 heavy (non-hydrogen) atoms. The molecule has 0 saturated heterocycles. The number of carbonyl (C=O) groups is 2. The summed E-state index contributed by atoms with van der Waals surface area (Å²) in [5.74, 6) is -0.382. The molecule has 1 aliphatic rings. The molecule has 3 aromatic rings. The number of benzene rings is 1. The van der Waals surface area contributed by atoms with Gasteiger partial charge in [-0.1, -0.05) is 18.2 Å². The van der Waals surface area contributed by atoms with Gasteiger partial charge in [-0.25, -0.2) is 0 Å². The van der Waals surface area contributed by atoms with Crippen LogP contribution in [0.5, 0.6) is 0 Å². The van der Waals surface area contributed by atoms with Crippen molar-refractivity contribution in [2.24, 2.45) is 7.05 Å². The maximum absolute atomic E-state index is 13.1. The Balaban J connectivity index is 1.54. The summed E-state index contributed by atoms with van der Waals surface area (Å²) in [6.45, 7) is 1.44. The molecule has 0 radical (unpaired) electrons. The van der Waals surface area contributed by atoms with Gasteiger partial charge in [-0.2, -0.15) is 5.10 Å². The van der Waals surface area contributed by atoms with Crippen LogP contribution in [0.3, 0.4) is 0 Å². The summed E-state index contributed by atoms with van der Waals surface area (Å²) in [5.41, 5.74) is 4.28. The van der Waals surface area contributed by atoms with E-state index in [0.717, 1.165) is 41.3 Å². The van der Waals surface area contributed by atoms with Crippen molar-refractivity contribution in [2.45, 2.75) is 44.7 Å². The Morgan fingerprint density at radius 2 is 2.18 bits per heavy atom. The summed E-state index contributed by atoms with van der Waals surface area (Å²) in [7, 11) is 1.93. The number of nitrogens with zero attached hydrogens (tertiary/aromatic N) is 2. The zero-order valence-corrected chi connectivity index (χ0v) is 16.2. The van der Waals surface area contributed by atoms with Crippen LogP contribution in [-0.4, -0.2) is 32.6 Å². The Kier molecular flexibility index (Phi) is 4.90. The lowest BCUT2D eigenvalue weighted by molar-refractivity contribution is -0.128. The highest BCUT2D eigenvalue weighted by Crippen LogP contribution is 2.29. The first-order valence-corrected chi connectivity index (χ1v) is 9.66. The van der Waals surface area contributed by atoms with E-state index in [1.807, 2.05) is 48.4 Å². The third kappa shape index (κ3) is 3.52. The van der Waals surface area contributed by atoms with Crippen molar-refractivity contribution in [3.05, 3.63) is 53.5 Å². The van der Waals surface area contributed by atoms with Crippen molar-refractivity contribution in [1.29, 1.82) is 0 Å². The van der Waals surface area contributed by atoms with Crippen LogP contribution in [0.1, 0.15) is 42.6 Å². The number of amides is 2. The van der Waals surface area contributed by atoms with Crippen LogP contribution in [0, 0.1) is 0 Å². The van der Waals surface area contributed by atoms with Gasteiger partial charge >= 0.3 is 0 Å². The van der Waals surface area contributed by atoms with Gasteiger partial charge in [-0.05, 0) is 30.9 Å². The number of H-pyrrole nitrogens is 1. The molecule has 1 aromatic carbocycles. The topological polar surface area (TPSA) is 91.8 Å². The monoisotopic (exact) mass is 379 g/mol. The van der Waals surface area contributed by atoms with Crippen LogP contribution < -0.4 is 10.6 Å². The van der Waals surface area contributed by atoms with Gasteiger partial charge in [0, 0.05) is 48.7 Å². The molecule has 2 amide bonds. The first-order chi connectivity index (χ1) is 13.5. The predicted octanol–water partition coefficient (Wildman–Crippen LogP) is 2.14. The van der Waals surface area contributed by atoms with Crippen molar-refractivity contribution in [2.75, 3.05) is 0 Å². The number of aromatic nitrogens is 3. The Labute approximate surface area is 163 Å². The molecule has 0 bridgehead atoms. The van der Waals surface area contributed by atoms with Crippen LogP contribution in [0.4, 0.5) is 0 Å². The Morgan fingerprint density at radius 1 is 1.36 bits per heavy atom. The largest absolute Gasteiger partial charge is 0.361 e. The van der Waals surface area contributed by atoms with E-state index in [0.29, 0.717) is 6.42 Å². The van der Waals surface area contributed by atoms with E-state index < -0.39 is 6.04 Å². The molecule has 0 aliphatic heterocycles. The molecule has 4 rings (SSSR count). The average Bonchev–Trinajstić information content (AvgIpc) is 3.26. The molecule has 7 heteroatoms. The number of hydrogen-bond acceptors (Lipinski definition) is 3. The molecule has 3 N–H and O–H groups in total. The van der Waals surface area contributed by atoms with Crippen molar-refractivity contribution in [3.8, 4) is 0 Å². The number of nitrogens with one attached hydrogen (secondary N) is 3. The lowest BCUT2D eigenvalue weighted by Gasteiger charge is -2.26. The maximum atomic E-state index is 13.1. The molecule has 0 fully saturated rings. The van der Waals surface area contributed by atoms with Crippen LogP contribution in [0.15, 0.2) is 36.7 Å². The van der Waals surface area contributed by atoms with E-state index in [-0.39, 0.29) is 17.9 Å². The summed E-state index contributed by atoms with van der Waals surface area (Å²) in [6.07, 6.45) is 7.04. The fourth-order valence-corrected chi connectivity index (χ4v) is 4.10. The van der Waals surface area contributed by atoms with Crippen molar-refractivity contribution >= 4 is 22.7 Å². The summed E-state index contributed by atoms with van der Waals surface area (Å²) < 4.78 is 1.88. The second kappa shape index (κ2) is 7.50. The highest BCUT2D eigenvalue weighted by atomic mass is 16.2. The van der Waals surface area contributed by atoms with Gasteiger partial charge in [0.2, 0.25) is 11.8 Å². The van der Waals surface area contributed by atoms with Crippen LogP contribution in [-0.2, 0) is 29.5 Å². The van der Waals surface area contributed by atoms with E-state index in [2.05, 4.69) is 20.7 Å². The number of aromatic amines is 1. The molecule has 7 nitrogen and oxygen atoms in total. The van der Waals surface area contributed by atoms with Gasteiger partial charge in [0.05, 0.1) is 12.2 Å². The van der Waals surface area contributed by atoms with Crippen molar-refractivity contribution in [1.82, 2.24) is 25.4 Å². The highest BCUT2D eigenvalue weighted by molar-refractivity contribution is 5.89. The lowest BCUT2D eigenvalue weighted by Crippen LogP contribution is -2.48. The van der Waals surface area contributed by atoms with Crippen molar-refractivity contribution in [3.63, 3.8) is 0 Å². The van der Waals surface area contributed by atoms with Crippen LogP contribution in [0.2, 0.25) is 0 Å². The Morgan fingerprint density at radius 3 is 3.00 bits per heavy atom. The number of carbonyl (C=O) groups excluding carboxylic acids is 2. The maximum Gasteiger partial charge on any atom is 0.243 e. The molecule has 1 aliphatic carbocycles. The van der Waals surface area contributed by atoms with Gasteiger partial charge in [-0.3, -0.25) is 14.3 Å². The normalized spacial score (nSPS) is 17.1. The van der Waals surface area contributed by atoms with Gasteiger partial charge in [0.25, 0.3) is 0 Å².